The highest BCUT2D eigenvalue weighted by Crippen LogP contribution is 2.41. The predicted octanol–water partition coefficient (Wildman–Crippen LogP) is 6.35. The molecular weight excluding hydrogens is 600 g/mol. The van der Waals surface area contributed by atoms with E-state index in [-0.39, 0.29) is 19.1 Å². The van der Waals surface area contributed by atoms with E-state index in [1.807, 2.05) is 115 Å². The first-order valence-corrected chi connectivity index (χ1v) is 16.3. The summed E-state index contributed by atoms with van der Waals surface area (Å²) in [6, 6.07) is 48.9. The first-order valence-electron chi connectivity index (χ1n) is 16.3. The third-order valence-corrected chi connectivity index (χ3v) is 8.68. The fourth-order valence-corrected chi connectivity index (χ4v) is 6.34. The molecule has 0 spiro atoms. The predicted molar refractivity (Wildman–Crippen MR) is 186 cm³/mol. The number of rotatable bonds is 13. The Morgan fingerprint density at radius 1 is 0.667 bits per heavy atom. The maximum Gasteiger partial charge on any atom is 0.217 e. The van der Waals surface area contributed by atoms with Gasteiger partial charge < -0.3 is 30.0 Å². The topological polar surface area (TPSA) is 92.0 Å². The zero-order valence-electron chi connectivity index (χ0n) is 27.1. The number of hydrogen-bond acceptors (Lipinski definition) is 6. The first-order chi connectivity index (χ1) is 23.5. The van der Waals surface area contributed by atoms with Crippen molar-refractivity contribution in [1.82, 2.24) is 5.32 Å². The summed E-state index contributed by atoms with van der Waals surface area (Å²) in [6.45, 7) is 2.16. The van der Waals surface area contributed by atoms with Gasteiger partial charge >= 0.3 is 0 Å². The van der Waals surface area contributed by atoms with Crippen LogP contribution < -0.4 is 11.1 Å². The molecule has 5 aromatic carbocycles. The van der Waals surface area contributed by atoms with Gasteiger partial charge in [-0.3, -0.25) is 4.79 Å². The minimum atomic E-state index is -0.970. The van der Waals surface area contributed by atoms with E-state index in [2.05, 4.69) is 41.7 Å². The van der Waals surface area contributed by atoms with Crippen molar-refractivity contribution < 1.29 is 23.7 Å². The summed E-state index contributed by atoms with van der Waals surface area (Å²) >= 11 is 0. The van der Waals surface area contributed by atoms with Crippen LogP contribution >= 0.6 is 0 Å². The van der Waals surface area contributed by atoms with Crippen molar-refractivity contribution in [1.29, 1.82) is 0 Å². The molecule has 0 aromatic heterocycles. The van der Waals surface area contributed by atoms with E-state index >= 15 is 0 Å². The second kappa shape index (κ2) is 16.0. The number of nitrogens with one attached hydrogen (secondary N) is 1. The monoisotopic (exact) mass is 642 g/mol. The number of ether oxygens (including phenoxy) is 4. The molecule has 1 amide bonds. The summed E-state index contributed by atoms with van der Waals surface area (Å²) < 4.78 is 26.7. The highest BCUT2D eigenvalue weighted by Gasteiger charge is 2.48. The molecule has 0 unspecified atom stereocenters. The Kier molecular flexibility index (Phi) is 11.1. The SMILES string of the molecule is CC(=O)N[C@H]1[C@H](OCc2ccccc2)O[C@H](COC(c2ccccc2)(c2ccccc2)c2ccccc2)[C@H](N)[C@@H]1OCc1ccccc1. The van der Waals surface area contributed by atoms with Crippen LogP contribution in [0.5, 0.6) is 0 Å². The number of hydrogen-bond donors (Lipinski definition) is 2. The van der Waals surface area contributed by atoms with Crippen molar-refractivity contribution in [3.63, 3.8) is 0 Å². The van der Waals surface area contributed by atoms with Crippen LogP contribution in [-0.4, -0.2) is 43.1 Å². The summed E-state index contributed by atoms with van der Waals surface area (Å²) in [5, 5.41) is 3.02. The van der Waals surface area contributed by atoms with Crippen molar-refractivity contribution >= 4 is 5.91 Å². The van der Waals surface area contributed by atoms with E-state index in [9.17, 15) is 4.79 Å². The minimum Gasteiger partial charge on any atom is -0.369 e. The Hall–Kier alpha value is -4.63. The van der Waals surface area contributed by atoms with Gasteiger partial charge in [0.05, 0.1) is 25.9 Å². The van der Waals surface area contributed by atoms with E-state index in [0.717, 1.165) is 27.8 Å². The van der Waals surface area contributed by atoms with Crippen LogP contribution in [-0.2, 0) is 42.6 Å². The van der Waals surface area contributed by atoms with Gasteiger partial charge in [-0.25, -0.2) is 0 Å². The molecule has 6 rings (SSSR count). The van der Waals surface area contributed by atoms with Gasteiger partial charge in [0.1, 0.15) is 23.9 Å². The summed E-state index contributed by atoms with van der Waals surface area (Å²) in [5.41, 5.74) is 10.9. The average molecular weight is 643 g/mol. The average Bonchev–Trinajstić information content (AvgIpc) is 3.14. The zero-order chi connectivity index (χ0) is 33.2. The van der Waals surface area contributed by atoms with Crippen LogP contribution in [0.25, 0.3) is 0 Å². The van der Waals surface area contributed by atoms with Crippen molar-refractivity contribution in [2.45, 2.75) is 56.3 Å². The molecule has 7 nitrogen and oxygen atoms in total. The molecule has 0 bridgehead atoms. The Morgan fingerprint density at radius 2 is 1.08 bits per heavy atom. The molecule has 0 aliphatic carbocycles. The molecule has 7 heteroatoms. The minimum absolute atomic E-state index is 0.114. The molecular formula is C41H42N2O5. The molecule has 0 saturated carbocycles. The molecule has 3 N–H and O–H groups in total. The van der Waals surface area contributed by atoms with E-state index in [0.29, 0.717) is 6.61 Å². The number of benzene rings is 5. The second-order valence-corrected chi connectivity index (χ2v) is 12.0. The number of carbonyl (C=O) groups excluding carboxylic acids is 1. The molecule has 5 atom stereocenters. The van der Waals surface area contributed by atoms with Gasteiger partial charge in [0.2, 0.25) is 5.91 Å². The van der Waals surface area contributed by atoms with Crippen LogP contribution in [0, 0.1) is 0 Å². The maximum absolute atomic E-state index is 12.5. The lowest BCUT2D eigenvalue weighted by molar-refractivity contribution is -0.260. The van der Waals surface area contributed by atoms with Crippen molar-refractivity contribution in [3.8, 4) is 0 Å². The Morgan fingerprint density at radius 3 is 1.52 bits per heavy atom. The summed E-state index contributed by atoms with van der Waals surface area (Å²) in [4.78, 5) is 12.5. The smallest absolute Gasteiger partial charge is 0.217 e. The van der Waals surface area contributed by atoms with Gasteiger partial charge in [-0.1, -0.05) is 152 Å². The van der Waals surface area contributed by atoms with Crippen LogP contribution in [0.1, 0.15) is 34.7 Å². The lowest BCUT2D eigenvalue weighted by Gasteiger charge is -2.46. The standard InChI is InChI=1S/C41H42N2O5/c1-30(44)43-38-39(45-27-31-17-7-2-8-18-31)37(42)36(48-40(38)46-28-32-19-9-3-10-20-32)29-47-41(33-21-11-4-12-22-33,34-23-13-5-14-24-34)35-25-15-6-16-26-35/h2-26,36-40H,27-29,42H2,1H3,(H,43,44)/t36-,37+,38-,39+,40-/m1/s1. The summed E-state index contributed by atoms with van der Waals surface area (Å²) in [6.07, 6.45) is -2.15. The van der Waals surface area contributed by atoms with E-state index in [4.69, 9.17) is 24.7 Å². The summed E-state index contributed by atoms with van der Waals surface area (Å²) in [5.74, 6) is -0.233. The van der Waals surface area contributed by atoms with Gasteiger partial charge in [-0.15, -0.1) is 0 Å². The van der Waals surface area contributed by atoms with E-state index in [1.165, 1.54) is 6.92 Å². The lowest BCUT2D eigenvalue weighted by Crippen LogP contribution is -2.68. The zero-order valence-corrected chi connectivity index (χ0v) is 27.1. The van der Waals surface area contributed by atoms with E-state index < -0.39 is 36.2 Å². The lowest BCUT2D eigenvalue weighted by atomic mass is 9.80. The third kappa shape index (κ3) is 7.73. The van der Waals surface area contributed by atoms with Crippen molar-refractivity contribution in [2.24, 2.45) is 5.73 Å². The van der Waals surface area contributed by atoms with Crippen LogP contribution in [0.15, 0.2) is 152 Å². The molecule has 246 valence electrons. The molecule has 1 fully saturated rings. The van der Waals surface area contributed by atoms with Gasteiger partial charge in [0.15, 0.2) is 6.29 Å². The molecule has 48 heavy (non-hydrogen) atoms. The second-order valence-electron chi connectivity index (χ2n) is 12.0. The molecule has 0 radical (unpaired) electrons. The number of nitrogens with two attached hydrogens (primary N) is 1. The third-order valence-electron chi connectivity index (χ3n) is 8.68. The Labute approximate surface area is 282 Å². The molecule has 1 aliphatic rings. The molecule has 1 aliphatic heterocycles. The highest BCUT2D eigenvalue weighted by molar-refractivity contribution is 5.73. The normalized spacial score (nSPS) is 21.0. The van der Waals surface area contributed by atoms with Crippen molar-refractivity contribution in [2.75, 3.05) is 6.61 Å². The van der Waals surface area contributed by atoms with Crippen LogP contribution in [0.4, 0.5) is 0 Å². The van der Waals surface area contributed by atoms with Gasteiger partial charge in [-0.2, -0.15) is 0 Å². The fourth-order valence-electron chi connectivity index (χ4n) is 6.34. The van der Waals surface area contributed by atoms with Crippen LogP contribution in [0.2, 0.25) is 0 Å². The van der Waals surface area contributed by atoms with Gasteiger partial charge in [0.25, 0.3) is 0 Å². The summed E-state index contributed by atoms with van der Waals surface area (Å²) in [7, 11) is 0. The van der Waals surface area contributed by atoms with E-state index in [1.54, 1.807) is 0 Å². The van der Waals surface area contributed by atoms with Gasteiger partial charge in [0, 0.05) is 6.92 Å². The number of carbonyl (C=O) groups is 1. The Balaban J connectivity index is 1.35. The van der Waals surface area contributed by atoms with Crippen molar-refractivity contribution in [3.05, 3.63) is 179 Å². The maximum atomic E-state index is 12.5. The fraction of sp³-hybridized carbons (Fsp3) is 0.244. The molecule has 1 saturated heterocycles. The quantitative estimate of drug-likeness (QED) is 0.145. The molecule has 5 aromatic rings. The first kappa shape index (κ1) is 33.3. The van der Waals surface area contributed by atoms with Gasteiger partial charge in [-0.05, 0) is 27.8 Å². The molecule has 1 heterocycles. The highest BCUT2D eigenvalue weighted by atomic mass is 16.7. The number of amides is 1. The van der Waals surface area contributed by atoms with Crippen LogP contribution in [0.3, 0.4) is 0 Å². The largest absolute Gasteiger partial charge is 0.369 e. The Bertz CT molecular complexity index is 1590.